The Labute approximate surface area is 92.6 Å². The number of amides is 1. The molecule has 0 aliphatic heterocycles. The number of nitrogens with two attached hydrogens (primary N) is 1. The first-order valence-corrected chi connectivity index (χ1v) is 4.79. The maximum atomic E-state index is 10.5. The molecule has 4 heteroatoms. The Morgan fingerprint density at radius 1 is 1.19 bits per heavy atom. The molecule has 0 radical (unpaired) electrons. The predicted octanol–water partition coefficient (Wildman–Crippen LogP) is 2.71. The maximum Gasteiger partial charge on any atom is 0.409 e. The van der Waals surface area contributed by atoms with Crippen LogP contribution in [-0.4, -0.2) is 6.09 Å². The van der Waals surface area contributed by atoms with Crippen molar-refractivity contribution in [1.29, 1.82) is 0 Å². The molecule has 82 valence electrons. The lowest BCUT2D eigenvalue weighted by molar-refractivity contribution is 0.211. The second kappa shape index (κ2) is 4.10. The van der Waals surface area contributed by atoms with Crippen molar-refractivity contribution in [3.8, 4) is 17.1 Å². The Kier molecular flexibility index (Phi) is 2.64. The van der Waals surface area contributed by atoms with Crippen LogP contribution in [0.2, 0.25) is 0 Å². The largest absolute Gasteiger partial charge is 0.461 e. The van der Waals surface area contributed by atoms with Gasteiger partial charge in [0.15, 0.2) is 0 Å². The zero-order valence-electron chi connectivity index (χ0n) is 8.77. The van der Waals surface area contributed by atoms with Gasteiger partial charge in [-0.2, -0.15) is 0 Å². The monoisotopic (exact) mass is 217 g/mol. The van der Waals surface area contributed by atoms with Crippen molar-refractivity contribution in [2.75, 3.05) is 0 Å². The molecule has 0 spiro atoms. The Morgan fingerprint density at radius 2 is 1.88 bits per heavy atom. The second-order valence-corrected chi connectivity index (χ2v) is 3.36. The number of aryl methyl sites for hydroxylation is 1. The Hall–Kier alpha value is -2.23. The summed E-state index contributed by atoms with van der Waals surface area (Å²) >= 11 is 0. The van der Waals surface area contributed by atoms with Crippen LogP contribution < -0.4 is 10.5 Å². The SMILES string of the molecule is Cc1ccc(-c2ccc(OC(N)=O)cc2)o1. The molecular formula is C12H11NO3. The van der Waals surface area contributed by atoms with E-state index < -0.39 is 6.09 Å². The highest BCUT2D eigenvalue weighted by atomic mass is 16.5. The fourth-order valence-electron chi connectivity index (χ4n) is 1.39. The number of benzene rings is 1. The first-order chi connectivity index (χ1) is 7.65. The summed E-state index contributed by atoms with van der Waals surface area (Å²) in [6, 6.07) is 10.7. The number of carbonyl (C=O) groups excluding carboxylic acids is 1. The molecule has 0 aliphatic carbocycles. The Bertz CT molecular complexity index is 499. The number of carbonyl (C=O) groups is 1. The molecule has 0 saturated carbocycles. The zero-order valence-corrected chi connectivity index (χ0v) is 8.77. The summed E-state index contributed by atoms with van der Waals surface area (Å²) in [5.41, 5.74) is 5.82. The second-order valence-electron chi connectivity index (χ2n) is 3.36. The fourth-order valence-corrected chi connectivity index (χ4v) is 1.39. The van der Waals surface area contributed by atoms with Crippen LogP contribution >= 0.6 is 0 Å². The number of rotatable bonds is 2. The van der Waals surface area contributed by atoms with Gasteiger partial charge in [0.05, 0.1) is 0 Å². The molecule has 1 amide bonds. The molecule has 4 nitrogen and oxygen atoms in total. The van der Waals surface area contributed by atoms with Crippen molar-refractivity contribution in [1.82, 2.24) is 0 Å². The molecule has 1 heterocycles. The van der Waals surface area contributed by atoms with Gasteiger partial charge in [0, 0.05) is 5.56 Å². The molecule has 0 saturated heterocycles. The van der Waals surface area contributed by atoms with E-state index in [-0.39, 0.29) is 0 Å². The van der Waals surface area contributed by atoms with Gasteiger partial charge in [-0.3, -0.25) is 0 Å². The molecule has 16 heavy (non-hydrogen) atoms. The van der Waals surface area contributed by atoms with Gasteiger partial charge in [-0.15, -0.1) is 0 Å². The van der Waals surface area contributed by atoms with Crippen molar-refractivity contribution in [3.05, 3.63) is 42.2 Å². The summed E-state index contributed by atoms with van der Waals surface area (Å²) in [5.74, 6) is 2.05. The van der Waals surface area contributed by atoms with Crippen molar-refractivity contribution in [3.63, 3.8) is 0 Å². The van der Waals surface area contributed by atoms with Gasteiger partial charge >= 0.3 is 6.09 Å². The number of hydrogen-bond donors (Lipinski definition) is 1. The van der Waals surface area contributed by atoms with E-state index in [1.165, 1.54) is 0 Å². The third-order valence-electron chi connectivity index (χ3n) is 2.10. The van der Waals surface area contributed by atoms with Crippen molar-refractivity contribution < 1.29 is 13.9 Å². The summed E-state index contributed by atoms with van der Waals surface area (Å²) in [7, 11) is 0. The van der Waals surface area contributed by atoms with E-state index in [0.29, 0.717) is 5.75 Å². The molecule has 0 aliphatic rings. The van der Waals surface area contributed by atoms with E-state index in [1.54, 1.807) is 24.3 Å². The van der Waals surface area contributed by atoms with Gasteiger partial charge in [-0.05, 0) is 43.3 Å². The van der Waals surface area contributed by atoms with E-state index in [0.717, 1.165) is 17.1 Å². The lowest BCUT2D eigenvalue weighted by Gasteiger charge is -2.01. The van der Waals surface area contributed by atoms with Gasteiger partial charge < -0.3 is 14.9 Å². The third-order valence-corrected chi connectivity index (χ3v) is 2.10. The van der Waals surface area contributed by atoms with Gasteiger partial charge in [0.25, 0.3) is 0 Å². The minimum atomic E-state index is -0.818. The number of ether oxygens (including phenoxy) is 1. The molecule has 0 bridgehead atoms. The number of hydrogen-bond acceptors (Lipinski definition) is 3. The van der Waals surface area contributed by atoms with Crippen LogP contribution in [0, 0.1) is 6.92 Å². The standard InChI is InChI=1S/C12H11NO3/c1-8-2-7-11(15-8)9-3-5-10(6-4-9)16-12(13)14/h2-7H,1H3,(H2,13,14). The van der Waals surface area contributed by atoms with Crippen LogP contribution in [0.4, 0.5) is 4.79 Å². The molecule has 0 unspecified atom stereocenters. The molecule has 0 fully saturated rings. The molecule has 2 N–H and O–H groups in total. The summed E-state index contributed by atoms with van der Waals surface area (Å²) in [6.45, 7) is 1.88. The first-order valence-electron chi connectivity index (χ1n) is 4.79. The molecular weight excluding hydrogens is 206 g/mol. The van der Waals surface area contributed by atoms with Crippen molar-refractivity contribution in [2.24, 2.45) is 5.73 Å². The minimum absolute atomic E-state index is 0.416. The topological polar surface area (TPSA) is 65.5 Å². The highest BCUT2D eigenvalue weighted by Crippen LogP contribution is 2.24. The summed E-state index contributed by atoms with van der Waals surface area (Å²) in [5, 5.41) is 0. The fraction of sp³-hybridized carbons (Fsp3) is 0.0833. The van der Waals surface area contributed by atoms with Crippen LogP contribution in [0.1, 0.15) is 5.76 Å². The van der Waals surface area contributed by atoms with E-state index in [9.17, 15) is 4.79 Å². The van der Waals surface area contributed by atoms with Crippen LogP contribution in [-0.2, 0) is 0 Å². The number of primary amides is 1. The normalized spacial score (nSPS) is 10.1. The van der Waals surface area contributed by atoms with Gasteiger partial charge in [0.1, 0.15) is 17.3 Å². The molecule has 2 aromatic rings. The molecule has 1 aromatic heterocycles. The van der Waals surface area contributed by atoms with E-state index in [4.69, 9.17) is 14.9 Å². The van der Waals surface area contributed by atoms with Crippen LogP contribution in [0.25, 0.3) is 11.3 Å². The van der Waals surface area contributed by atoms with Crippen LogP contribution in [0.15, 0.2) is 40.8 Å². The van der Waals surface area contributed by atoms with Crippen LogP contribution in [0.5, 0.6) is 5.75 Å². The highest BCUT2D eigenvalue weighted by molar-refractivity contribution is 5.68. The highest BCUT2D eigenvalue weighted by Gasteiger charge is 2.03. The van der Waals surface area contributed by atoms with Gasteiger partial charge in [-0.1, -0.05) is 0 Å². The molecule has 0 atom stereocenters. The smallest absolute Gasteiger partial charge is 0.409 e. The molecule has 1 aromatic carbocycles. The lowest BCUT2D eigenvalue weighted by atomic mass is 10.2. The Balaban J connectivity index is 2.22. The minimum Gasteiger partial charge on any atom is -0.461 e. The van der Waals surface area contributed by atoms with E-state index in [2.05, 4.69) is 0 Å². The van der Waals surface area contributed by atoms with Gasteiger partial charge in [0.2, 0.25) is 0 Å². The first kappa shape index (κ1) is 10.3. The van der Waals surface area contributed by atoms with Crippen molar-refractivity contribution in [2.45, 2.75) is 6.92 Å². The summed E-state index contributed by atoms with van der Waals surface area (Å²) in [4.78, 5) is 10.5. The molecule has 2 rings (SSSR count). The van der Waals surface area contributed by atoms with E-state index >= 15 is 0 Å². The average molecular weight is 217 g/mol. The zero-order chi connectivity index (χ0) is 11.5. The van der Waals surface area contributed by atoms with Gasteiger partial charge in [-0.25, -0.2) is 4.79 Å². The quantitative estimate of drug-likeness (QED) is 0.841. The third kappa shape index (κ3) is 2.23. The predicted molar refractivity (Wildman–Crippen MR) is 59.1 cm³/mol. The number of furan rings is 1. The Morgan fingerprint density at radius 3 is 2.38 bits per heavy atom. The maximum absolute atomic E-state index is 10.5. The van der Waals surface area contributed by atoms with E-state index in [1.807, 2.05) is 19.1 Å². The summed E-state index contributed by atoms with van der Waals surface area (Å²) in [6.07, 6.45) is -0.818. The van der Waals surface area contributed by atoms with Crippen LogP contribution in [0.3, 0.4) is 0 Å². The lowest BCUT2D eigenvalue weighted by Crippen LogP contribution is -2.16. The summed E-state index contributed by atoms with van der Waals surface area (Å²) < 4.78 is 10.2. The van der Waals surface area contributed by atoms with Crippen molar-refractivity contribution >= 4 is 6.09 Å². The average Bonchev–Trinajstić information content (AvgIpc) is 2.65.